The van der Waals surface area contributed by atoms with Gasteiger partial charge in [0.25, 0.3) is 0 Å². The summed E-state index contributed by atoms with van der Waals surface area (Å²) in [6.07, 6.45) is 3.46. The highest BCUT2D eigenvalue weighted by Gasteiger charge is 1.93. The summed E-state index contributed by atoms with van der Waals surface area (Å²) >= 11 is 1.70. The van der Waals surface area contributed by atoms with Gasteiger partial charge < -0.3 is 5.32 Å². The lowest BCUT2D eigenvalue weighted by Crippen LogP contribution is -2.05. The minimum atomic E-state index is 0.0840. The smallest absolute Gasteiger partial charge is 0.145 e. The topological polar surface area (TPSA) is 59.6 Å². The van der Waals surface area contributed by atoms with Crippen molar-refractivity contribution in [1.29, 1.82) is 10.5 Å². The van der Waals surface area contributed by atoms with Gasteiger partial charge in [-0.3, -0.25) is 0 Å². The van der Waals surface area contributed by atoms with Crippen LogP contribution in [0.4, 0.5) is 0 Å². The lowest BCUT2D eigenvalue weighted by Gasteiger charge is -2.02. The Morgan fingerprint density at radius 2 is 1.94 bits per heavy atom. The maximum absolute atomic E-state index is 8.51. The first kappa shape index (κ1) is 12.2. The third kappa shape index (κ3) is 3.68. The summed E-state index contributed by atoms with van der Waals surface area (Å²) in [6.45, 7) is 0.613. The van der Waals surface area contributed by atoms with Crippen LogP contribution >= 0.6 is 11.8 Å². The van der Waals surface area contributed by atoms with E-state index in [4.69, 9.17) is 10.5 Å². The van der Waals surface area contributed by atoms with Crippen LogP contribution in [0.3, 0.4) is 0 Å². The molecule has 1 aromatic rings. The first-order chi connectivity index (χ1) is 7.80. The van der Waals surface area contributed by atoms with Gasteiger partial charge >= 0.3 is 0 Å². The van der Waals surface area contributed by atoms with E-state index in [1.54, 1.807) is 23.9 Å². The van der Waals surface area contributed by atoms with E-state index in [1.165, 1.54) is 11.1 Å². The molecule has 16 heavy (non-hydrogen) atoms. The largest absolute Gasteiger partial charge is 0.385 e. The number of nitrogens with zero attached hydrogens (tertiary/aromatic N) is 2. The lowest BCUT2D eigenvalue weighted by atomic mass is 10.2. The minimum Gasteiger partial charge on any atom is -0.385 e. The van der Waals surface area contributed by atoms with Crippen LogP contribution in [-0.2, 0) is 6.54 Å². The van der Waals surface area contributed by atoms with Crippen molar-refractivity contribution in [2.45, 2.75) is 11.4 Å². The summed E-state index contributed by atoms with van der Waals surface area (Å²) in [6, 6.07) is 11.7. The normalized spacial score (nSPS) is 8.69. The zero-order valence-corrected chi connectivity index (χ0v) is 9.71. The Kier molecular flexibility index (Phi) is 4.98. The average molecular weight is 229 g/mol. The van der Waals surface area contributed by atoms with Gasteiger partial charge in [0.15, 0.2) is 0 Å². The van der Waals surface area contributed by atoms with Gasteiger partial charge in [-0.25, -0.2) is 0 Å². The number of rotatable bonds is 4. The molecule has 0 fully saturated rings. The Labute approximate surface area is 99.4 Å². The van der Waals surface area contributed by atoms with Gasteiger partial charge in [-0.05, 0) is 24.0 Å². The van der Waals surface area contributed by atoms with Crippen LogP contribution in [0.1, 0.15) is 5.56 Å². The van der Waals surface area contributed by atoms with Crippen LogP contribution in [0.25, 0.3) is 0 Å². The molecule has 0 amide bonds. The van der Waals surface area contributed by atoms with Gasteiger partial charge in [-0.1, -0.05) is 12.1 Å². The van der Waals surface area contributed by atoms with Crippen LogP contribution in [-0.4, -0.2) is 6.26 Å². The Morgan fingerprint density at radius 3 is 2.44 bits per heavy atom. The molecular weight excluding hydrogens is 218 g/mol. The summed E-state index contributed by atoms with van der Waals surface area (Å²) in [7, 11) is 0. The van der Waals surface area contributed by atoms with Gasteiger partial charge in [0.05, 0.1) is 0 Å². The number of hydrogen-bond donors (Lipinski definition) is 1. The molecule has 4 heteroatoms. The van der Waals surface area contributed by atoms with Gasteiger partial charge in [0.1, 0.15) is 17.7 Å². The van der Waals surface area contributed by atoms with Gasteiger partial charge in [-0.2, -0.15) is 10.5 Å². The van der Waals surface area contributed by atoms with E-state index in [2.05, 4.69) is 5.32 Å². The molecule has 0 aliphatic heterocycles. The lowest BCUT2D eigenvalue weighted by molar-refractivity contribution is 0.865. The van der Waals surface area contributed by atoms with E-state index in [0.717, 1.165) is 5.56 Å². The first-order valence-electron chi connectivity index (χ1n) is 4.67. The minimum absolute atomic E-state index is 0.0840. The van der Waals surface area contributed by atoms with Crippen molar-refractivity contribution in [2.24, 2.45) is 0 Å². The molecule has 0 aromatic heterocycles. The highest BCUT2D eigenvalue weighted by Crippen LogP contribution is 2.14. The fraction of sp³-hybridized carbons (Fsp3) is 0.167. The highest BCUT2D eigenvalue weighted by molar-refractivity contribution is 7.98. The van der Waals surface area contributed by atoms with Crippen LogP contribution in [0.2, 0.25) is 0 Å². The Hall–Kier alpha value is -1.91. The highest BCUT2D eigenvalue weighted by atomic mass is 32.2. The molecular formula is C12H11N3S. The zero-order chi connectivity index (χ0) is 11.8. The fourth-order valence-corrected chi connectivity index (χ4v) is 1.51. The molecule has 0 heterocycles. The molecule has 0 saturated heterocycles. The SMILES string of the molecule is CSc1ccc(CNC=C(C#N)C#N)cc1. The predicted molar refractivity (Wildman–Crippen MR) is 64.4 cm³/mol. The van der Waals surface area contributed by atoms with Crippen LogP contribution in [0.5, 0.6) is 0 Å². The van der Waals surface area contributed by atoms with Crippen molar-refractivity contribution in [3.63, 3.8) is 0 Å². The second-order valence-corrected chi connectivity index (χ2v) is 3.89. The number of nitrogens with one attached hydrogen (secondary N) is 1. The molecule has 0 bridgehead atoms. The summed E-state index contributed by atoms with van der Waals surface area (Å²) in [5.41, 5.74) is 1.20. The molecule has 3 nitrogen and oxygen atoms in total. The van der Waals surface area contributed by atoms with Gasteiger partial charge in [-0.15, -0.1) is 11.8 Å². The molecule has 0 radical (unpaired) electrons. The summed E-state index contributed by atoms with van der Waals surface area (Å²) in [5.74, 6) is 0. The van der Waals surface area contributed by atoms with Crippen LogP contribution in [0, 0.1) is 22.7 Å². The fourth-order valence-electron chi connectivity index (χ4n) is 1.10. The van der Waals surface area contributed by atoms with E-state index < -0.39 is 0 Å². The van der Waals surface area contributed by atoms with Crippen molar-refractivity contribution in [3.8, 4) is 12.1 Å². The van der Waals surface area contributed by atoms with Gasteiger partial charge in [0, 0.05) is 17.6 Å². The predicted octanol–water partition coefficient (Wildman–Crippen LogP) is 2.43. The molecule has 0 spiro atoms. The number of benzene rings is 1. The number of nitriles is 2. The quantitative estimate of drug-likeness (QED) is 0.636. The second-order valence-electron chi connectivity index (χ2n) is 3.01. The maximum atomic E-state index is 8.51. The van der Waals surface area contributed by atoms with Gasteiger partial charge in [0.2, 0.25) is 0 Å². The van der Waals surface area contributed by atoms with Crippen molar-refractivity contribution in [1.82, 2.24) is 5.32 Å². The number of thioether (sulfide) groups is 1. The first-order valence-corrected chi connectivity index (χ1v) is 5.89. The molecule has 0 saturated carbocycles. The Bertz CT molecular complexity index is 433. The van der Waals surface area contributed by atoms with Crippen molar-refractivity contribution in [3.05, 3.63) is 41.6 Å². The molecule has 1 N–H and O–H groups in total. The number of hydrogen-bond acceptors (Lipinski definition) is 4. The molecule has 0 unspecified atom stereocenters. The summed E-state index contributed by atoms with van der Waals surface area (Å²) in [5, 5.41) is 19.9. The Balaban J connectivity index is 2.53. The average Bonchev–Trinajstić information content (AvgIpc) is 2.35. The summed E-state index contributed by atoms with van der Waals surface area (Å²) < 4.78 is 0. The van der Waals surface area contributed by atoms with E-state index >= 15 is 0 Å². The molecule has 80 valence electrons. The monoisotopic (exact) mass is 229 g/mol. The third-order valence-corrected chi connectivity index (χ3v) is 2.70. The van der Waals surface area contributed by atoms with E-state index in [1.807, 2.05) is 30.5 Å². The standard InChI is InChI=1S/C12H11N3S/c1-16-12-4-2-10(3-5-12)8-15-9-11(6-13)7-14/h2-5,9,15H,8H2,1H3. The molecule has 0 atom stereocenters. The van der Waals surface area contributed by atoms with Crippen LogP contribution < -0.4 is 5.32 Å². The molecule has 0 aliphatic rings. The van der Waals surface area contributed by atoms with E-state index in [0.29, 0.717) is 6.54 Å². The van der Waals surface area contributed by atoms with E-state index in [-0.39, 0.29) is 5.57 Å². The van der Waals surface area contributed by atoms with Crippen molar-refractivity contribution in [2.75, 3.05) is 6.26 Å². The molecule has 1 aromatic carbocycles. The number of allylic oxidation sites excluding steroid dienone is 1. The zero-order valence-electron chi connectivity index (χ0n) is 8.90. The molecule has 1 rings (SSSR count). The third-order valence-electron chi connectivity index (χ3n) is 1.95. The van der Waals surface area contributed by atoms with Crippen LogP contribution in [0.15, 0.2) is 40.9 Å². The van der Waals surface area contributed by atoms with Crippen molar-refractivity contribution < 1.29 is 0 Å². The second kappa shape index (κ2) is 6.55. The summed E-state index contributed by atoms with van der Waals surface area (Å²) in [4.78, 5) is 1.22. The molecule has 0 aliphatic carbocycles. The maximum Gasteiger partial charge on any atom is 0.145 e. The van der Waals surface area contributed by atoms with Crippen molar-refractivity contribution >= 4 is 11.8 Å². The van der Waals surface area contributed by atoms with E-state index in [9.17, 15) is 0 Å². The Morgan fingerprint density at radius 1 is 1.31 bits per heavy atom.